The van der Waals surface area contributed by atoms with Gasteiger partial charge in [0.2, 0.25) is 0 Å². The lowest BCUT2D eigenvalue weighted by Crippen LogP contribution is -2.12. The second-order valence-electron chi connectivity index (χ2n) is 2.80. The van der Waals surface area contributed by atoms with Gasteiger partial charge in [-0.05, 0) is 6.07 Å². The number of nitrogens with zero attached hydrogens (tertiary/aromatic N) is 2. The summed E-state index contributed by atoms with van der Waals surface area (Å²) in [5.41, 5.74) is 6.04. The van der Waals surface area contributed by atoms with Gasteiger partial charge in [-0.25, -0.2) is 4.99 Å². The van der Waals surface area contributed by atoms with Crippen LogP contribution in [0.1, 0.15) is 11.1 Å². The Bertz CT molecular complexity index is 478. The van der Waals surface area contributed by atoms with Crippen LogP contribution in [0.25, 0.3) is 0 Å². The molecule has 0 unspecified atom stereocenters. The Labute approximate surface area is 78.7 Å². The lowest BCUT2D eigenvalue weighted by Gasteiger charge is -1.99. The minimum atomic E-state index is -0.528. The van der Waals surface area contributed by atoms with Gasteiger partial charge in [0.15, 0.2) is 5.84 Å². The van der Waals surface area contributed by atoms with E-state index in [1.165, 1.54) is 12.1 Å². The highest BCUT2D eigenvalue weighted by Crippen LogP contribution is 2.26. The monoisotopic (exact) mass is 190 g/mol. The summed E-state index contributed by atoms with van der Waals surface area (Å²) >= 11 is 0. The molecule has 0 spiro atoms. The van der Waals surface area contributed by atoms with Gasteiger partial charge in [-0.3, -0.25) is 15.5 Å². The van der Waals surface area contributed by atoms with E-state index in [0.717, 1.165) is 0 Å². The third kappa shape index (κ3) is 0.972. The number of amidine groups is 2. The highest BCUT2D eigenvalue weighted by Gasteiger charge is 2.27. The van der Waals surface area contributed by atoms with Crippen LogP contribution in [-0.4, -0.2) is 16.6 Å². The van der Waals surface area contributed by atoms with Crippen LogP contribution >= 0.6 is 0 Å². The zero-order valence-electron chi connectivity index (χ0n) is 7.02. The Morgan fingerprint density at radius 1 is 1.50 bits per heavy atom. The van der Waals surface area contributed by atoms with Crippen LogP contribution in [0.2, 0.25) is 0 Å². The SMILES string of the molecule is N=C1N=C(N)c2c1cccc2[N+](=O)[O-]. The standard InChI is InChI=1S/C8H6N4O2/c9-7-4-2-1-3-5(12(13)14)6(4)8(10)11-7/h1-3H,(H3,9,10,11). The summed E-state index contributed by atoms with van der Waals surface area (Å²) in [5, 5.41) is 18.0. The van der Waals surface area contributed by atoms with E-state index in [2.05, 4.69) is 4.99 Å². The van der Waals surface area contributed by atoms with Crippen molar-refractivity contribution in [1.29, 1.82) is 5.41 Å². The van der Waals surface area contributed by atoms with E-state index in [4.69, 9.17) is 11.1 Å². The average Bonchev–Trinajstić information content (AvgIpc) is 2.43. The van der Waals surface area contributed by atoms with Crippen LogP contribution in [0.5, 0.6) is 0 Å². The number of fused-ring (bicyclic) bond motifs is 1. The lowest BCUT2D eigenvalue weighted by atomic mass is 10.1. The van der Waals surface area contributed by atoms with E-state index in [9.17, 15) is 10.1 Å². The molecule has 3 N–H and O–H groups in total. The van der Waals surface area contributed by atoms with Gasteiger partial charge in [0.1, 0.15) is 11.4 Å². The van der Waals surface area contributed by atoms with Crippen LogP contribution in [0, 0.1) is 15.5 Å². The van der Waals surface area contributed by atoms with Gasteiger partial charge < -0.3 is 5.73 Å². The maximum absolute atomic E-state index is 10.6. The third-order valence-corrected chi connectivity index (χ3v) is 1.98. The largest absolute Gasteiger partial charge is 0.383 e. The minimum absolute atomic E-state index is 0.0267. The van der Waals surface area contributed by atoms with Gasteiger partial charge in [-0.1, -0.05) is 6.07 Å². The van der Waals surface area contributed by atoms with Crippen molar-refractivity contribution in [2.24, 2.45) is 10.7 Å². The molecule has 70 valence electrons. The first-order chi connectivity index (χ1) is 6.61. The molecule has 0 amide bonds. The summed E-state index contributed by atoms with van der Waals surface area (Å²) in [5.74, 6) is 0.0125. The molecule has 6 heteroatoms. The fourth-order valence-corrected chi connectivity index (χ4v) is 1.40. The van der Waals surface area contributed by atoms with Crippen molar-refractivity contribution in [2.45, 2.75) is 0 Å². The van der Waals surface area contributed by atoms with E-state index in [0.29, 0.717) is 5.56 Å². The highest BCUT2D eigenvalue weighted by atomic mass is 16.6. The Kier molecular flexibility index (Phi) is 1.57. The predicted molar refractivity (Wildman–Crippen MR) is 50.6 cm³/mol. The molecule has 0 saturated heterocycles. The Balaban J connectivity index is 2.75. The molecule has 1 aromatic carbocycles. The number of aliphatic imine (C=N–C) groups is 1. The molecule has 0 aromatic heterocycles. The van der Waals surface area contributed by atoms with Crippen LogP contribution in [0.15, 0.2) is 23.2 Å². The van der Waals surface area contributed by atoms with E-state index in [-0.39, 0.29) is 22.9 Å². The van der Waals surface area contributed by atoms with Crippen molar-refractivity contribution in [1.82, 2.24) is 0 Å². The fourth-order valence-electron chi connectivity index (χ4n) is 1.40. The number of nitro benzene ring substituents is 1. The Hall–Kier alpha value is -2.24. The van der Waals surface area contributed by atoms with Crippen LogP contribution in [0.4, 0.5) is 5.69 Å². The Morgan fingerprint density at radius 3 is 2.86 bits per heavy atom. The Morgan fingerprint density at radius 2 is 2.21 bits per heavy atom. The normalized spacial score (nSPS) is 13.7. The lowest BCUT2D eigenvalue weighted by molar-refractivity contribution is -0.385. The first kappa shape index (κ1) is 8.36. The fraction of sp³-hybridized carbons (Fsp3) is 0. The van der Waals surface area contributed by atoms with Gasteiger partial charge >= 0.3 is 0 Å². The number of hydrogen-bond acceptors (Lipinski definition) is 4. The smallest absolute Gasteiger partial charge is 0.281 e. The van der Waals surface area contributed by atoms with E-state index < -0.39 is 4.92 Å². The van der Waals surface area contributed by atoms with Gasteiger partial charge in [0.25, 0.3) is 5.69 Å². The maximum atomic E-state index is 10.6. The molecule has 14 heavy (non-hydrogen) atoms. The van der Waals surface area contributed by atoms with Gasteiger partial charge in [0, 0.05) is 11.6 Å². The van der Waals surface area contributed by atoms with Gasteiger partial charge in [0.05, 0.1) is 4.92 Å². The zero-order chi connectivity index (χ0) is 10.3. The molecular weight excluding hydrogens is 184 g/mol. The average molecular weight is 190 g/mol. The predicted octanol–water partition coefficient (Wildman–Crippen LogP) is 0.639. The molecule has 1 aliphatic heterocycles. The van der Waals surface area contributed by atoms with Crippen molar-refractivity contribution in [2.75, 3.05) is 0 Å². The summed E-state index contributed by atoms with van der Waals surface area (Å²) in [6.45, 7) is 0. The van der Waals surface area contributed by atoms with Gasteiger partial charge in [-0.2, -0.15) is 0 Å². The number of hydrogen-bond donors (Lipinski definition) is 2. The summed E-state index contributed by atoms with van der Waals surface area (Å²) in [4.78, 5) is 13.8. The molecule has 0 atom stereocenters. The number of nitrogens with one attached hydrogen (secondary N) is 1. The molecule has 6 nitrogen and oxygen atoms in total. The highest BCUT2D eigenvalue weighted by molar-refractivity contribution is 6.22. The van der Waals surface area contributed by atoms with E-state index >= 15 is 0 Å². The minimum Gasteiger partial charge on any atom is -0.383 e. The topological polar surface area (TPSA) is 105 Å². The first-order valence-corrected chi connectivity index (χ1v) is 3.82. The number of nitro groups is 1. The summed E-state index contributed by atoms with van der Waals surface area (Å²) < 4.78 is 0. The van der Waals surface area contributed by atoms with E-state index in [1.54, 1.807) is 6.07 Å². The van der Waals surface area contributed by atoms with Crippen molar-refractivity contribution < 1.29 is 4.92 Å². The van der Waals surface area contributed by atoms with Crippen LogP contribution in [0.3, 0.4) is 0 Å². The zero-order valence-corrected chi connectivity index (χ0v) is 7.02. The van der Waals surface area contributed by atoms with Gasteiger partial charge in [-0.15, -0.1) is 0 Å². The second-order valence-corrected chi connectivity index (χ2v) is 2.80. The quantitative estimate of drug-likeness (QED) is 0.501. The van der Waals surface area contributed by atoms with E-state index in [1.807, 2.05) is 0 Å². The number of benzene rings is 1. The molecule has 0 aliphatic carbocycles. The van der Waals surface area contributed by atoms with Crippen molar-refractivity contribution >= 4 is 17.4 Å². The molecule has 1 aliphatic rings. The molecule has 2 rings (SSSR count). The molecule has 0 radical (unpaired) electrons. The summed E-state index contributed by atoms with van der Waals surface area (Å²) in [7, 11) is 0. The maximum Gasteiger partial charge on any atom is 0.281 e. The third-order valence-electron chi connectivity index (χ3n) is 1.98. The summed E-state index contributed by atoms with van der Waals surface area (Å²) in [6, 6.07) is 4.45. The summed E-state index contributed by atoms with van der Waals surface area (Å²) in [6.07, 6.45) is 0. The van der Waals surface area contributed by atoms with Crippen molar-refractivity contribution in [3.63, 3.8) is 0 Å². The molecule has 0 saturated carbocycles. The molecule has 0 fully saturated rings. The molecule has 1 aromatic rings. The number of nitrogens with two attached hydrogens (primary N) is 1. The first-order valence-electron chi connectivity index (χ1n) is 3.82. The van der Waals surface area contributed by atoms with Crippen molar-refractivity contribution in [3.8, 4) is 0 Å². The molecular formula is C8H6N4O2. The number of rotatable bonds is 1. The van der Waals surface area contributed by atoms with Crippen LogP contribution < -0.4 is 5.73 Å². The molecule has 0 bridgehead atoms. The van der Waals surface area contributed by atoms with Crippen molar-refractivity contribution in [3.05, 3.63) is 39.4 Å². The molecule has 1 heterocycles. The second kappa shape index (κ2) is 2.63. The van der Waals surface area contributed by atoms with Crippen LogP contribution in [-0.2, 0) is 0 Å².